The van der Waals surface area contributed by atoms with E-state index in [9.17, 15) is 9.59 Å². The topological polar surface area (TPSA) is 60.9 Å². The second-order valence-corrected chi connectivity index (χ2v) is 5.58. The Morgan fingerprint density at radius 3 is 2.71 bits per heavy atom. The van der Waals surface area contributed by atoms with E-state index < -0.39 is 5.92 Å². The first-order valence-corrected chi connectivity index (χ1v) is 7.20. The van der Waals surface area contributed by atoms with E-state index in [4.69, 9.17) is 5.11 Å². The van der Waals surface area contributed by atoms with Gasteiger partial charge in [-0.3, -0.25) is 9.59 Å². The molecule has 1 fully saturated rings. The molecule has 1 aliphatic rings. The van der Waals surface area contributed by atoms with E-state index in [0.29, 0.717) is 13.0 Å². The maximum atomic E-state index is 12.5. The van der Waals surface area contributed by atoms with E-state index >= 15 is 0 Å². The molecule has 1 aromatic carbocycles. The number of aryl methyl sites for hydroxylation is 2. The maximum absolute atomic E-state index is 12.5. The molecule has 2 rings (SSSR count). The van der Waals surface area contributed by atoms with Gasteiger partial charge in [0.1, 0.15) is 5.92 Å². The lowest BCUT2D eigenvalue weighted by molar-refractivity contribution is -0.139. The van der Waals surface area contributed by atoms with Gasteiger partial charge in [-0.2, -0.15) is 0 Å². The second kappa shape index (κ2) is 6.26. The number of aliphatic hydroxyl groups is 1. The van der Waals surface area contributed by atoms with Crippen LogP contribution >= 0.6 is 0 Å². The molecule has 2 amide bonds. The zero-order chi connectivity index (χ0) is 15.6. The third kappa shape index (κ3) is 3.08. The fraction of sp³-hybridized carbons (Fsp3) is 0.500. The molecule has 1 N–H and O–H groups in total. The van der Waals surface area contributed by atoms with Gasteiger partial charge < -0.3 is 14.9 Å². The summed E-state index contributed by atoms with van der Waals surface area (Å²) >= 11 is 0. The number of amides is 2. The summed E-state index contributed by atoms with van der Waals surface area (Å²) in [5, 5.41) is 8.89. The van der Waals surface area contributed by atoms with Crippen LogP contribution in [0.4, 0.5) is 5.69 Å². The Balaban J connectivity index is 2.14. The lowest BCUT2D eigenvalue weighted by Crippen LogP contribution is -2.39. The molecule has 0 saturated carbocycles. The van der Waals surface area contributed by atoms with Crippen LogP contribution in [0.3, 0.4) is 0 Å². The molecule has 0 aliphatic carbocycles. The Bertz CT molecular complexity index is 556. The number of benzene rings is 1. The molecule has 0 spiro atoms. The zero-order valence-electron chi connectivity index (χ0n) is 12.8. The van der Waals surface area contributed by atoms with E-state index in [1.165, 1.54) is 10.5 Å². The normalized spacial score (nSPS) is 18.2. The predicted octanol–water partition coefficient (Wildman–Crippen LogP) is 1.11. The van der Waals surface area contributed by atoms with E-state index in [2.05, 4.69) is 0 Å². The first-order chi connectivity index (χ1) is 9.95. The van der Waals surface area contributed by atoms with Gasteiger partial charge in [0.25, 0.3) is 0 Å². The van der Waals surface area contributed by atoms with Crippen molar-refractivity contribution in [3.63, 3.8) is 0 Å². The number of nitrogens with zero attached hydrogens (tertiary/aromatic N) is 2. The van der Waals surface area contributed by atoms with Crippen molar-refractivity contribution in [1.82, 2.24) is 4.90 Å². The van der Waals surface area contributed by atoms with Crippen LogP contribution in [0, 0.1) is 19.8 Å². The van der Waals surface area contributed by atoms with Crippen LogP contribution in [-0.2, 0) is 9.59 Å². The minimum absolute atomic E-state index is 0.0932. The SMILES string of the molecule is Cc1ccc(N2CCC(C(=O)N(C)CCO)C2=O)cc1C. The molecule has 1 atom stereocenters. The van der Waals surface area contributed by atoms with E-state index in [1.54, 1.807) is 11.9 Å². The van der Waals surface area contributed by atoms with E-state index in [1.807, 2.05) is 32.0 Å². The molecule has 1 heterocycles. The molecule has 1 aliphatic heterocycles. The highest BCUT2D eigenvalue weighted by Crippen LogP contribution is 2.27. The van der Waals surface area contributed by atoms with Crippen molar-refractivity contribution in [3.8, 4) is 0 Å². The van der Waals surface area contributed by atoms with Crippen LogP contribution in [0.5, 0.6) is 0 Å². The zero-order valence-corrected chi connectivity index (χ0v) is 12.8. The standard InChI is InChI=1S/C16H22N2O3/c1-11-4-5-13(10-12(11)2)18-7-6-14(16(18)21)15(20)17(3)8-9-19/h4-5,10,14,19H,6-9H2,1-3H3. The number of rotatable bonds is 4. The smallest absolute Gasteiger partial charge is 0.239 e. The Morgan fingerprint density at radius 1 is 1.38 bits per heavy atom. The fourth-order valence-corrected chi connectivity index (χ4v) is 2.59. The predicted molar refractivity (Wildman–Crippen MR) is 81.1 cm³/mol. The number of hydrogen-bond acceptors (Lipinski definition) is 3. The summed E-state index contributed by atoms with van der Waals surface area (Å²) in [5.74, 6) is -0.975. The Morgan fingerprint density at radius 2 is 2.10 bits per heavy atom. The van der Waals surface area contributed by atoms with E-state index in [-0.39, 0.29) is 25.0 Å². The summed E-state index contributed by atoms with van der Waals surface area (Å²) < 4.78 is 0. The first-order valence-electron chi connectivity index (χ1n) is 7.20. The van der Waals surface area contributed by atoms with Gasteiger partial charge in [0.15, 0.2) is 0 Å². The third-order valence-corrected chi connectivity index (χ3v) is 4.12. The molecule has 1 saturated heterocycles. The molecular formula is C16H22N2O3. The van der Waals surface area contributed by atoms with Crippen LogP contribution in [0.2, 0.25) is 0 Å². The molecule has 21 heavy (non-hydrogen) atoms. The van der Waals surface area contributed by atoms with Gasteiger partial charge in [0.05, 0.1) is 6.61 Å². The quantitative estimate of drug-likeness (QED) is 0.845. The van der Waals surface area contributed by atoms with Crippen LogP contribution in [-0.4, -0.2) is 48.6 Å². The van der Waals surface area contributed by atoms with Gasteiger partial charge in [0, 0.05) is 25.8 Å². The van der Waals surface area contributed by atoms with Crippen molar-refractivity contribution in [3.05, 3.63) is 29.3 Å². The van der Waals surface area contributed by atoms with E-state index in [0.717, 1.165) is 11.3 Å². The first kappa shape index (κ1) is 15.5. The minimum Gasteiger partial charge on any atom is -0.395 e. The van der Waals surface area contributed by atoms with Crippen molar-refractivity contribution in [1.29, 1.82) is 0 Å². The average molecular weight is 290 g/mol. The van der Waals surface area contributed by atoms with Gasteiger partial charge >= 0.3 is 0 Å². The van der Waals surface area contributed by atoms with Gasteiger partial charge in [0.2, 0.25) is 11.8 Å². The molecule has 1 aromatic rings. The highest BCUT2D eigenvalue weighted by atomic mass is 16.3. The lowest BCUT2D eigenvalue weighted by Gasteiger charge is -2.21. The molecule has 0 bridgehead atoms. The third-order valence-electron chi connectivity index (χ3n) is 4.12. The largest absolute Gasteiger partial charge is 0.395 e. The Labute approximate surface area is 125 Å². The monoisotopic (exact) mass is 290 g/mol. The highest BCUT2D eigenvalue weighted by Gasteiger charge is 2.38. The lowest BCUT2D eigenvalue weighted by atomic mass is 10.1. The minimum atomic E-state index is -0.622. The highest BCUT2D eigenvalue weighted by molar-refractivity contribution is 6.09. The molecule has 0 radical (unpaired) electrons. The van der Waals surface area contributed by atoms with Crippen molar-refractivity contribution >= 4 is 17.5 Å². The van der Waals surface area contributed by atoms with Crippen LogP contribution in [0.25, 0.3) is 0 Å². The van der Waals surface area contributed by atoms with Crippen LogP contribution in [0.15, 0.2) is 18.2 Å². The van der Waals surface area contributed by atoms with Crippen LogP contribution < -0.4 is 4.90 Å². The van der Waals surface area contributed by atoms with Gasteiger partial charge in [-0.15, -0.1) is 0 Å². The summed E-state index contributed by atoms with van der Waals surface area (Å²) in [6, 6.07) is 5.90. The molecule has 1 unspecified atom stereocenters. The van der Waals surface area contributed by atoms with Gasteiger partial charge in [-0.05, 0) is 43.5 Å². The van der Waals surface area contributed by atoms with Crippen molar-refractivity contribution in [2.45, 2.75) is 20.3 Å². The second-order valence-electron chi connectivity index (χ2n) is 5.58. The summed E-state index contributed by atoms with van der Waals surface area (Å²) in [7, 11) is 1.62. The molecular weight excluding hydrogens is 268 g/mol. The van der Waals surface area contributed by atoms with Crippen LogP contribution in [0.1, 0.15) is 17.5 Å². The summed E-state index contributed by atoms with van der Waals surface area (Å²) in [4.78, 5) is 27.8. The van der Waals surface area contributed by atoms with Crippen molar-refractivity contribution < 1.29 is 14.7 Å². The number of carbonyl (C=O) groups is 2. The number of carbonyl (C=O) groups excluding carboxylic acids is 2. The molecule has 5 heteroatoms. The summed E-state index contributed by atoms with van der Waals surface area (Å²) in [6.45, 7) is 4.76. The number of likely N-dealkylation sites (N-methyl/N-ethyl adjacent to an activating group) is 1. The Kier molecular flexibility index (Phi) is 4.63. The summed E-state index contributed by atoms with van der Waals surface area (Å²) in [6.07, 6.45) is 0.528. The van der Waals surface area contributed by atoms with Crippen molar-refractivity contribution in [2.75, 3.05) is 31.6 Å². The number of hydrogen-bond donors (Lipinski definition) is 1. The number of anilines is 1. The molecule has 5 nitrogen and oxygen atoms in total. The maximum Gasteiger partial charge on any atom is 0.239 e. The Hall–Kier alpha value is -1.88. The van der Waals surface area contributed by atoms with Gasteiger partial charge in [-0.25, -0.2) is 0 Å². The molecule has 0 aromatic heterocycles. The average Bonchev–Trinajstić information content (AvgIpc) is 2.83. The fourth-order valence-electron chi connectivity index (χ4n) is 2.59. The van der Waals surface area contributed by atoms with Gasteiger partial charge in [-0.1, -0.05) is 6.07 Å². The number of aliphatic hydroxyl groups excluding tert-OH is 1. The van der Waals surface area contributed by atoms with Crippen molar-refractivity contribution in [2.24, 2.45) is 5.92 Å². The molecule has 114 valence electrons. The summed E-state index contributed by atoms with van der Waals surface area (Å²) in [5.41, 5.74) is 3.16.